The maximum Gasteiger partial charge on any atom is 0.224 e. The summed E-state index contributed by atoms with van der Waals surface area (Å²) in [7, 11) is 0. The number of ether oxygens (including phenoxy) is 1. The predicted molar refractivity (Wildman–Crippen MR) is 113 cm³/mol. The number of rotatable bonds is 7. The van der Waals surface area contributed by atoms with Crippen LogP contribution in [-0.2, 0) is 11.4 Å². The van der Waals surface area contributed by atoms with E-state index >= 15 is 0 Å². The molecule has 148 valence electrons. The Morgan fingerprint density at radius 2 is 2.19 bits per heavy atom. The molecule has 0 bridgehead atoms. The number of benzene rings is 1. The van der Waals surface area contributed by atoms with E-state index < -0.39 is 0 Å². The van der Waals surface area contributed by atoms with Crippen LogP contribution in [0.25, 0.3) is 0 Å². The molecule has 8 heteroatoms. The average Bonchev–Trinajstić information content (AvgIpc) is 3.14. The molecule has 2 aromatic rings. The van der Waals surface area contributed by atoms with Crippen LogP contribution >= 0.6 is 36.4 Å². The van der Waals surface area contributed by atoms with Crippen LogP contribution in [0.2, 0.25) is 5.02 Å². The Bertz CT molecular complexity index is 711. The zero-order valence-corrected chi connectivity index (χ0v) is 17.2. The number of halogens is 3. The van der Waals surface area contributed by atoms with Crippen molar-refractivity contribution in [2.24, 2.45) is 5.92 Å². The first-order valence-electron chi connectivity index (χ1n) is 8.52. The number of hydrogen-bond donors (Lipinski definition) is 2. The van der Waals surface area contributed by atoms with Gasteiger partial charge in [0.1, 0.15) is 12.4 Å². The molecule has 0 saturated carbocycles. The van der Waals surface area contributed by atoms with E-state index in [-0.39, 0.29) is 30.7 Å². The zero-order chi connectivity index (χ0) is 17.5. The number of carbonyl (C=O) groups excluding carboxylic acids is 1. The van der Waals surface area contributed by atoms with Crippen LogP contribution in [0.4, 0.5) is 5.69 Å². The lowest BCUT2D eigenvalue weighted by Crippen LogP contribution is -2.15. The molecule has 1 aliphatic rings. The fraction of sp³-hybridized carbons (Fsp3) is 0.368. The van der Waals surface area contributed by atoms with Crippen molar-refractivity contribution in [3.63, 3.8) is 0 Å². The maximum atomic E-state index is 12.1. The number of amides is 1. The van der Waals surface area contributed by atoms with E-state index in [2.05, 4.69) is 15.6 Å². The van der Waals surface area contributed by atoms with E-state index in [1.165, 1.54) is 0 Å². The van der Waals surface area contributed by atoms with Gasteiger partial charge in [0.15, 0.2) is 0 Å². The van der Waals surface area contributed by atoms with Gasteiger partial charge in [-0.25, -0.2) is 0 Å². The fourth-order valence-corrected chi connectivity index (χ4v) is 3.09. The molecule has 1 aliphatic heterocycles. The predicted octanol–water partition coefficient (Wildman–Crippen LogP) is 4.49. The molecule has 5 nitrogen and oxygen atoms in total. The van der Waals surface area contributed by atoms with Crippen molar-refractivity contribution in [2.45, 2.75) is 25.9 Å². The van der Waals surface area contributed by atoms with E-state index in [9.17, 15) is 4.79 Å². The number of anilines is 1. The highest BCUT2D eigenvalue weighted by Crippen LogP contribution is 2.28. The van der Waals surface area contributed by atoms with Gasteiger partial charge in [0.05, 0.1) is 5.02 Å². The zero-order valence-electron chi connectivity index (χ0n) is 14.8. The van der Waals surface area contributed by atoms with E-state index in [4.69, 9.17) is 16.3 Å². The van der Waals surface area contributed by atoms with Crippen LogP contribution in [0.1, 0.15) is 24.8 Å². The first-order chi connectivity index (χ1) is 12.2. The monoisotopic (exact) mass is 431 g/mol. The number of hydrogen-bond acceptors (Lipinski definition) is 4. The maximum absolute atomic E-state index is 12.1. The van der Waals surface area contributed by atoms with Crippen molar-refractivity contribution < 1.29 is 9.53 Å². The second kappa shape index (κ2) is 12.0. The Kier molecular flexibility index (Phi) is 10.5. The van der Waals surface area contributed by atoms with E-state index in [0.29, 0.717) is 35.4 Å². The summed E-state index contributed by atoms with van der Waals surface area (Å²) in [6.07, 6.45) is 6.07. The summed E-state index contributed by atoms with van der Waals surface area (Å²) in [4.78, 5) is 16.1. The minimum absolute atomic E-state index is 0. The molecule has 0 aliphatic carbocycles. The Labute approximate surface area is 177 Å². The highest BCUT2D eigenvalue weighted by atomic mass is 35.5. The Morgan fingerprint density at radius 1 is 1.33 bits per heavy atom. The van der Waals surface area contributed by atoms with Gasteiger partial charge in [0, 0.05) is 30.1 Å². The van der Waals surface area contributed by atoms with E-state index in [0.717, 1.165) is 31.5 Å². The molecule has 27 heavy (non-hydrogen) atoms. The molecule has 1 saturated heterocycles. The smallest absolute Gasteiger partial charge is 0.224 e. The molecule has 3 rings (SSSR count). The summed E-state index contributed by atoms with van der Waals surface area (Å²) in [6.45, 7) is 2.47. The Hall–Kier alpha value is -1.53. The fourth-order valence-electron chi connectivity index (χ4n) is 2.86. The van der Waals surface area contributed by atoms with Gasteiger partial charge in [-0.3, -0.25) is 9.78 Å². The lowest BCUT2D eigenvalue weighted by Gasteiger charge is -2.11. The summed E-state index contributed by atoms with van der Waals surface area (Å²) >= 11 is 6.26. The van der Waals surface area contributed by atoms with E-state index in [1.54, 1.807) is 30.6 Å². The highest BCUT2D eigenvalue weighted by Gasteiger charge is 2.16. The van der Waals surface area contributed by atoms with Crippen LogP contribution in [0.15, 0.2) is 42.7 Å². The largest absolute Gasteiger partial charge is 0.487 e. The quantitative estimate of drug-likeness (QED) is 0.677. The molecule has 2 N–H and O–H groups in total. The molecule has 2 heterocycles. The molecule has 1 aromatic heterocycles. The summed E-state index contributed by atoms with van der Waals surface area (Å²) in [5, 5.41) is 6.69. The molecular weight excluding hydrogens is 409 g/mol. The third-order valence-electron chi connectivity index (χ3n) is 4.27. The summed E-state index contributed by atoms with van der Waals surface area (Å²) in [5.74, 6) is 1.21. The van der Waals surface area contributed by atoms with Crippen molar-refractivity contribution in [3.8, 4) is 5.75 Å². The number of aromatic nitrogens is 1. The van der Waals surface area contributed by atoms with Gasteiger partial charge in [0.25, 0.3) is 0 Å². The van der Waals surface area contributed by atoms with Gasteiger partial charge in [-0.15, -0.1) is 24.8 Å². The van der Waals surface area contributed by atoms with Gasteiger partial charge in [-0.1, -0.05) is 17.7 Å². The first kappa shape index (κ1) is 23.5. The van der Waals surface area contributed by atoms with Crippen molar-refractivity contribution in [3.05, 3.63) is 53.3 Å². The Balaban J connectivity index is 0.00000182. The van der Waals surface area contributed by atoms with Crippen molar-refractivity contribution in [2.75, 3.05) is 18.4 Å². The van der Waals surface area contributed by atoms with Crippen LogP contribution in [0.3, 0.4) is 0 Å². The standard InChI is InChI=1S/C19H22ClN3O2.2ClH/c20-17-10-16(23-19(24)6-3-14-7-9-22-11-14)4-5-18(17)25-13-15-2-1-8-21-12-15;;/h1-2,4-5,8,10,12,14,22H,3,6-7,9,11,13H2,(H,23,24);2*1H. The average molecular weight is 433 g/mol. The van der Waals surface area contributed by atoms with Crippen LogP contribution in [0, 0.1) is 5.92 Å². The molecule has 1 atom stereocenters. The number of carbonyl (C=O) groups is 1. The van der Waals surface area contributed by atoms with Gasteiger partial charge in [-0.2, -0.15) is 0 Å². The topological polar surface area (TPSA) is 63.2 Å². The van der Waals surface area contributed by atoms with Crippen LogP contribution in [0.5, 0.6) is 5.75 Å². The summed E-state index contributed by atoms with van der Waals surface area (Å²) in [6, 6.07) is 9.10. The minimum Gasteiger partial charge on any atom is -0.487 e. The third kappa shape index (κ3) is 7.54. The van der Waals surface area contributed by atoms with Crippen molar-refractivity contribution in [1.29, 1.82) is 0 Å². The second-order valence-corrected chi connectivity index (χ2v) is 6.65. The van der Waals surface area contributed by atoms with Crippen molar-refractivity contribution >= 4 is 48.0 Å². The third-order valence-corrected chi connectivity index (χ3v) is 4.57. The molecule has 1 unspecified atom stereocenters. The lowest BCUT2D eigenvalue weighted by atomic mass is 10.0. The summed E-state index contributed by atoms with van der Waals surface area (Å²) in [5.41, 5.74) is 1.66. The number of nitrogens with zero attached hydrogens (tertiary/aromatic N) is 1. The molecule has 1 amide bonds. The molecule has 1 aromatic carbocycles. The van der Waals surface area contributed by atoms with Gasteiger partial charge < -0.3 is 15.4 Å². The SMILES string of the molecule is Cl.Cl.O=C(CCC1CCNC1)Nc1ccc(OCc2cccnc2)c(Cl)c1. The minimum atomic E-state index is 0. The van der Waals surface area contributed by atoms with Gasteiger partial charge >= 0.3 is 0 Å². The second-order valence-electron chi connectivity index (χ2n) is 6.24. The van der Waals surface area contributed by atoms with Crippen molar-refractivity contribution in [1.82, 2.24) is 10.3 Å². The molecule has 0 spiro atoms. The van der Waals surface area contributed by atoms with E-state index in [1.807, 2.05) is 12.1 Å². The normalized spacial score (nSPS) is 15.4. The molecule has 1 fully saturated rings. The van der Waals surface area contributed by atoms with Crippen LogP contribution in [-0.4, -0.2) is 24.0 Å². The van der Waals surface area contributed by atoms with Gasteiger partial charge in [-0.05, 0) is 56.1 Å². The summed E-state index contributed by atoms with van der Waals surface area (Å²) < 4.78 is 5.71. The molecule has 0 radical (unpaired) electrons. The highest BCUT2D eigenvalue weighted by molar-refractivity contribution is 6.32. The molecular formula is C19H24Cl3N3O2. The number of nitrogens with one attached hydrogen (secondary N) is 2. The number of pyridine rings is 1. The Morgan fingerprint density at radius 3 is 2.85 bits per heavy atom. The lowest BCUT2D eigenvalue weighted by molar-refractivity contribution is -0.116. The first-order valence-corrected chi connectivity index (χ1v) is 8.90. The van der Waals surface area contributed by atoms with Gasteiger partial charge in [0.2, 0.25) is 5.91 Å². The van der Waals surface area contributed by atoms with Crippen LogP contribution < -0.4 is 15.4 Å².